The summed E-state index contributed by atoms with van der Waals surface area (Å²) in [7, 11) is 0. The van der Waals surface area contributed by atoms with Gasteiger partial charge in [-0.3, -0.25) is 10.1 Å². The van der Waals surface area contributed by atoms with Crippen LogP contribution in [0.3, 0.4) is 0 Å². The smallest absolute Gasteiger partial charge is 0.258 e. The normalized spacial score (nSPS) is 11.4. The molecule has 1 heterocycles. The summed E-state index contributed by atoms with van der Waals surface area (Å²) in [4.78, 5) is 12.1. The third kappa shape index (κ3) is 2.93. The van der Waals surface area contributed by atoms with E-state index >= 15 is 0 Å². The van der Waals surface area contributed by atoms with Gasteiger partial charge in [-0.1, -0.05) is 0 Å². The molecule has 19 heavy (non-hydrogen) atoms. The Balaban J connectivity index is 3.72. The van der Waals surface area contributed by atoms with Crippen LogP contribution in [0.25, 0.3) is 0 Å². The molecule has 0 aliphatic rings. The second-order valence-electron chi connectivity index (χ2n) is 3.27. The number of hydrogen-bond acceptors (Lipinski definition) is 4. The van der Waals surface area contributed by atoms with Crippen LogP contribution in [-0.4, -0.2) is 9.91 Å². The van der Waals surface area contributed by atoms with Gasteiger partial charge in [0, 0.05) is 5.56 Å². The second kappa shape index (κ2) is 5.13. The molecule has 5 nitrogen and oxygen atoms in total. The molecule has 10 heteroatoms. The minimum atomic E-state index is -5.23. The van der Waals surface area contributed by atoms with Crippen LogP contribution < -0.4 is 0 Å². The summed E-state index contributed by atoms with van der Waals surface area (Å²) >= 11 is 0. The molecular weight excluding hydrogens is 277 g/mol. The van der Waals surface area contributed by atoms with Crippen LogP contribution >= 0.6 is 0 Å². The lowest BCUT2D eigenvalue weighted by atomic mass is 10.0. The average Bonchev–Trinajstić information content (AvgIpc) is 2.26. The van der Waals surface area contributed by atoms with Gasteiger partial charge in [0.25, 0.3) is 12.1 Å². The van der Waals surface area contributed by atoms with E-state index in [1.807, 2.05) is 0 Å². The molecule has 1 rings (SSSR count). The monoisotopic (exact) mass is 281 g/mol. The molecule has 102 valence electrons. The van der Waals surface area contributed by atoms with Gasteiger partial charge in [0.05, 0.1) is 17.4 Å². The molecule has 0 radical (unpaired) electrons. The molecular formula is C9H4F5N3O2. The maximum atomic E-state index is 12.7. The Kier molecular flexibility index (Phi) is 3.98. The van der Waals surface area contributed by atoms with Gasteiger partial charge in [-0.05, 0) is 0 Å². The zero-order chi connectivity index (χ0) is 14.8. The van der Waals surface area contributed by atoms with Gasteiger partial charge in [0.1, 0.15) is 17.5 Å². The summed E-state index contributed by atoms with van der Waals surface area (Å²) in [5.41, 5.74) is -5.76. The Morgan fingerprint density at radius 2 is 2.05 bits per heavy atom. The number of aromatic nitrogens is 1. The first kappa shape index (κ1) is 14.7. The third-order valence-electron chi connectivity index (χ3n) is 2.14. The standard InChI is InChI=1S/C9H4F5N3O2/c10-8(11)7-4(1-2-15)6(9(12,13)14)5(3-16-7)17(18)19/h3,8H,1H2. The lowest BCUT2D eigenvalue weighted by Crippen LogP contribution is -2.16. The Labute approximate surface area is 102 Å². The Hall–Kier alpha value is -2.31. The molecule has 0 saturated carbocycles. The largest absolute Gasteiger partial charge is 0.423 e. The van der Waals surface area contributed by atoms with Crippen molar-refractivity contribution < 1.29 is 26.9 Å². The summed E-state index contributed by atoms with van der Waals surface area (Å²) in [6, 6.07) is 1.26. The average molecular weight is 281 g/mol. The molecule has 0 aliphatic carbocycles. The van der Waals surface area contributed by atoms with E-state index in [1.54, 1.807) is 0 Å². The zero-order valence-electron chi connectivity index (χ0n) is 8.91. The Morgan fingerprint density at radius 1 is 1.47 bits per heavy atom. The minimum Gasteiger partial charge on any atom is -0.258 e. The lowest BCUT2D eigenvalue weighted by molar-refractivity contribution is -0.388. The fourth-order valence-corrected chi connectivity index (χ4v) is 1.46. The zero-order valence-corrected chi connectivity index (χ0v) is 8.91. The van der Waals surface area contributed by atoms with Crippen LogP contribution in [0.2, 0.25) is 0 Å². The summed E-state index contributed by atoms with van der Waals surface area (Å²) in [6.07, 6.45) is -9.54. The van der Waals surface area contributed by atoms with Crippen LogP contribution in [0.4, 0.5) is 27.6 Å². The van der Waals surface area contributed by atoms with Crippen molar-refractivity contribution in [1.29, 1.82) is 5.26 Å². The fourth-order valence-electron chi connectivity index (χ4n) is 1.46. The molecule has 0 atom stereocenters. The maximum absolute atomic E-state index is 12.7. The summed E-state index contributed by atoms with van der Waals surface area (Å²) in [5, 5.41) is 18.9. The SMILES string of the molecule is N#CCc1c(C(F)F)ncc([N+](=O)[O-])c1C(F)(F)F. The van der Waals surface area contributed by atoms with Gasteiger partial charge in [-0.15, -0.1) is 0 Å². The highest BCUT2D eigenvalue weighted by Crippen LogP contribution is 2.40. The van der Waals surface area contributed by atoms with Crippen LogP contribution in [0.5, 0.6) is 0 Å². The molecule has 1 aromatic heterocycles. The summed E-state index contributed by atoms with van der Waals surface area (Å²) < 4.78 is 63.3. The van der Waals surface area contributed by atoms with E-state index in [0.29, 0.717) is 0 Å². The highest BCUT2D eigenvalue weighted by atomic mass is 19.4. The van der Waals surface area contributed by atoms with Crippen molar-refractivity contribution in [3.63, 3.8) is 0 Å². The van der Waals surface area contributed by atoms with Gasteiger partial charge < -0.3 is 0 Å². The minimum absolute atomic E-state index is 0.116. The predicted molar refractivity (Wildman–Crippen MR) is 50.2 cm³/mol. The van der Waals surface area contributed by atoms with Crippen molar-refractivity contribution in [2.45, 2.75) is 19.0 Å². The first-order valence-electron chi connectivity index (χ1n) is 4.58. The number of rotatable bonds is 3. The van der Waals surface area contributed by atoms with E-state index < -0.39 is 46.5 Å². The van der Waals surface area contributed by atoms with Crippen molar-refractivity contribution >= 4 is 5.69 Å². The molecule has 0 amide bonds. The molecule has 0 saturated heterocycles. The highest BCUT2D eigenvalue weighted by molar-refractivity contribution is 5.49. The first-order valence-corrected chi connectivity index (χ1v) is 4.58. The van der Waals surface area contributed by atoms with E-state index in [1.165, 1.54) is 6.07 Å². The molecule has 0 bridgehead atoms. The maximum Gasteiger partial charge on any atom is 0.423 e. The molecule has 0 unspecified atom stereocenters. The molecule has 0 N–H and O–H groups in total. The number of pyridine rings is 1. The highest BCUT2D eigenvalue weighted by Gasteiger charge is 2.43. The van der Waals surface area contributed by atoms with Crippen molar-refractivity contribution in [2.75, 3.05) is 0 Å². The van der Waals surface area contributed by atoms with Crippen molar-refractivity contribution in [3.05, 3.63) is 33.1 Å². The number of hydrogen-bond donors (Lipinski definition) is 0. The van der Waals surface area contributed by atoms with E-state index in [9.17, 15) is 32.1 Å². The topological polar surface area (TPSA) is 79.8 Å². The predicted octanol–water partition coefficient (Wildman–Crippen LogP) is 3.01. The molecule has 0 spiro atoms. The van der Waals surface area contributed by atoms with Crippen molar-refractivity contribution in [1.82, 2.24) is 4.98 Å². The van der Waals surface area contributed by atoms with Crippen LogP contribution in [0, 0.1) is 21.4 Å². The van der Waals surface area contributed by atoms with Gasteiger partial charge in [0.2, 0.25) is 0 Å². The molecule has 1 aromatic rings. The Bertz CT molecular complexity index is 550. The number of halogens is 5. The number of alkyl halides is 5. The molecule has 0 aromatic carbocycles. The Morgan fingerprint density at radius 3 is 2.42 bits per heavy atom. The fraction of sp³-hybridized carbons (Fsp3) is 0.333. The van der Waals surface area contributed by atoms with Gasteiger partial charge in [-0.2, -0.15) is 18.4 Å². The van der Waals surface area contributed by atoms with E-state index in [0.717, 1.165) is 0 Å². The van der Waals surface area contributed by atoms with Crippen molar-refractivity contribution in [2.24, 2.45) is 0 Å². The summed E-state index contributed by atoms with van der Waals surface area (Å²) in [5.74, 6) is 0. The molecule has 0 fully saturated rings. The number of nitrogens with zero attached hydrogens (tertiary/aromatic N) is 3. The number of nitro groups is 1. The summed E-state index contributed by atoms with van der Waals surface area (Å²) in [6.45, 7) is 0. The first-order chi connectivity index (χ1) is 8.70. The van der Waals surface area contributed by atoms with Crippen molar-refractivity contribution in [3.8, 4) is 6.07 Å². The van der Waals surface area contributed by atoms with Crippen LogP contribution in [0.15, 0.2) is 6.20 Å². The van der Waals surface area contributed by atoms with E-state index in [2.05, 4.69) is 4.98 Å². The van der Waals surface area contributed by atoms with Gasteiger partial charge in [-0.25, -0.2) is 13.8 Å². The third-order valence-corrected chi connectivity index (χ3v) is 2.14. The van der Waals surface area contributed by atoms with E-state index in [4.69, 9.17) is 5.26 Å². The molecule has 0 aliphatic heterocycles. The van der Waals surface area contributed by atoms with Crippen LogP contribution in [0.1, 0.15) is 23.2 Å². The number of nitriles is 1. The van der Waals surface area contributed by atoms with Gasteiger partial charge >= 0.3 is 6.18 Å². The van der Waals surface area contributed by atoms with Gasteiger partial charge in [0.15, 0.2) is 0 Å². The second-order valence-corrected chi connectivity index (χ2v) is 3.27. The van der Waals surface area contributed by atoms with Crippen LogP contribution in [-0.2, 0) is 12.6 Å². The quantitative estimate of drug-likeness (QED) is 0.484. The lowest BCUT2D eigenvalue weighted by Gasteiger charge is -2.14. The van der Waals surface area contributed by atoms with E-state index in [-0.39, 0.29) is 6.20 Å².